The Morgan fingerprint density at radius 2 is 2.03 bits per heavy atom. The number of benzene rings is 1. The van der Waals surface area contributed by atoms with Gasteiger partial charge in [0.2, 0.25) is 0 Å². The number of amidine groups is 1. The molecule has 4 rings (SSSR count). The number of carbonyl (C=O) groups is 1. The number of amides is 1. The molecule has 0 radical (unpaired) electrons. The Bertz CT molecular complexity index is 1350. The van der Waals surface area contributed by atoms with Gasteiger partial charge in [-0.2, -0.15) is 0 Å². The maximum atomic E-state index is 13.7. The van der Waals surface area contributed by atoms with Crippen molar-refractivity contribution in [1.29, 1.82) is 0 Å². The van der Waals surface area contributed by atoms with E-state index in [0.29, 0.717) is 5.69 Å². The molecule has 3 heterocycles. The Morgan fingerprint density at radius 3 is 2.61 bits per heavy atom. The number of H-pyrrole nitrogens is 1. The number of aromatic nitrogens is 2. The van der Waals surface area contributed by atoms with Crippen molar-refractivity contribution >= 4 is 46.3 Å². The summed E-state index contributed by atoms with van der Waals surface area (Å²) in [6.07, 6.45) is 4.31. The van der Waals surface area contributed by atoms with Crippen molar-refractivity contribution in [3.05, 3.63) is 47.5 Å². The van der Waals surface area contributed by atoms with Gasteiger partial charge in [-0.05, 0) is 0 Å². The Hall–Kier alpha value is -2.99. The van der Waals surface area contributed by atoms with Crippen LogP contribution in [-0.2, 0) is 25.9 Å². The second-order valence-corrected chi connectivity index (χ2v) is 13.8. The van der Waals surface area contributed by atoms with E-state index >= 15 is 0 Å². The standard InChI is InChI=1S/C22H31N6O6PS/c1-6-34-35(31)16-9-14(27-36(5,32)33)7-8-15(16)25-20(26-35)17-18(29)19(22(2,3)4)28(21(17)30)12-13-10-23-24-11-13/h7-11,19,27,29,31,35H,6,12H2,1-5H3,(H,23,24)(H,25,26)/t19-/m1/s1. The molecule has 2 aromatic rings. The molecular formula is C22H31N6O6PS. The fourth-order valence-corrected chi connectivity index (χ4v) is 7.09. The fourth-order valence-electron chi connectivity index (χ4n) is 4.48. The van der Waals surface area contributed by atoms with Crippen molar-refractivity contribution in [2.75, 3.05) is 22.9 Å². The summed E-state index contributed by atoms with van der Waals surface area (Å²) in [5, 5.41) is 21.3. The van der Waals surface area contributed by atoms with Crippen LogP contribution >= 0.6 is 7.87 Å². The Labute approximate surface area is 210 Å². The third-order valence-electron chi connectivity index (χ3n) is 5.80. The zero-order chi connectivity index (χ0) is 26.5. The quantitative estimate of drug-likeness (QED) is 0.334. The molecule has 1 aromatic heterocycles. The van der Waals surface area contributed by atoms with Crippen molar-refractivity contribution in [2.45, 2.75) is 40.3 Å². The van der Waals surface area contributed by atoms with E-state index in [2.05, 4.69) is 25.0 Å². The molecule has 0 saturated heterocycles. The number of aliphatic hydroxyl groups is 1. The summed E-state index contributed by atoms with van der Waals surface area (Å²) in [6.45, 7) is 7.78. The monoisotopic (exact) mass is 538 g/mol. The van der Waals surface area contributed by atoms with Gasteiger partial charge in [0, 0.05) is 0 Å². The van der Waals surface area contributed by atoms with Gasteiger partial charge < -0.3 is 0 Å². The first-order chi connectivity index (χ1) is 16.7. The van der Waals surface area contributed by atoms with Crippen LogP contribution in [0, 0.1) is 5.41 Å². The molecular weight excluding hydrogens is 507 g/mol. The van der Waals surface area contributed by atoms with Crippen LogP contribution in [0.5, 0.6) is 0 Å². The molecule has 1 amide bonds. The van der Waals surface area contributed by atoms with Gasteiger partial charge in [-0.1, -0.05) is 0 Å². The van der Waals surface area contributed by atoms with Gasteiger partial charge in [0.15, 0.2) is 0 Å². The number of nitrogens with zero attached hydrogens (tertiary/aromatic N) is 3. The first-order valence-corrected chi connectivity index (χ1v) is 15.0. The Balaban J connectivity index is 1.79. The number of sulfonamides is 1. The van der Waals surface area contributed by atoms with Crippen LogP contribution in [0.2, 0.25) is 0 Å². The molecule has 12 nitrogen and oxygen atoms in total. The van der Waals surface area contributed by atoms with Gasteiger partial charge in [0.1, 0.15) is 0 Å². The number of hydrogen-bond donors (Lipinski definition) is 5. The average Bonchev–Trinajstić information content (AvgIpc) is 3.33. The summed E-state index contributed by atoms with van der Waals surface area (Å²) in [6, 6.07) is 3.89. The summed E-state index contributed by atoms with van der Waals surface area (Å²) < 4.78 is 35.9. The molecule has 0 aliphatic carbocycles. The number of hydrogen-bond acceptors (Lipinski definition) is 9. The predicted octanol–water partition coefficient (Wildman–Crippen LogP) is 2.02. The number of carbonyl (C=O) groups excluding carboxylic acids is 1. The normalized spacial score (nSPS) is 20.6. The van der Waals surface area contributed by atoms with E-state index in [1.165, 1.54) is 12.1 Å². The van der Waals surface area contributed by atoms with Crippen LogP contribution in [0.3, 0.4) is 0 Å². The van der Waals surface area contributed by atoms with Gasteiger partial charge in [0.25, 0.3) is 0 Å². The third kappa shape index (κ3) is 4.96. The summed E-state index contributed by atoms with van der Waals surface area (Å²) in [5.41, 5.74) is 0.837. The van der Waals surface area contributed by atoms with Crippen LogP contribution in [-0.4, -0.2) is 64.2 Å². The summed E-state index contributed by atoms with van der Waals surface area (Å²) >= 11 is 0. The summed E-state index contributed by atoms with van der Waals surface area (Å²) in [7, 11) is -7.60. The Kier molecular flexibility index (Phi) is 6.63. The van der Waals surface area contributed by atoms with Crippen molar-refractivity contribution in [3.8, 4) is 0 Å². The minimum absolute atomic E-state index is 0.000354. The molecule has 36 heavy (non-hydrogen) atoms. The van der Waals surface area contributed by atoms with Crippen LogP contribution in [0.25, 0.3) is 0 Å². The van der Waals surface area contributed by atoms with E-state index in [1.54, 1.807) is 30.3 Å². The number of rotatable bonds is 7. The molecule has 0 bridgehead atoms. The SMILES string of the molecule is CCO[PH]1(O)N=C(C2=C(O)[C@H](C(C)(C)C)N(Cc3cn[nH]c3)C2=O)Nc2ccc(NS(C)(=O)=O)cc21. The zero-order valence-electron chi connectivity index (χ0n) is 20.7. The van der Waals surface area contributed by atoms with Crippen LogP contribution < -0.4 is 15.3 Å². The van der Waals surface area contributed by atoms with Crippen LogP contribution in [0.15, 0.2) is 46.7 Å². The fraction of sp³-hybridized carbons (Fsp3) is 0.409. The van der Waals surface area contributed by atoms with Gasteiger partial charge in [-0.25, -0.2) is 0 Å². The molecule has 0 fully saturated rings. The van der Waals surface area contributed by atoms with E-state index in [9.17, 15) is 23.2 Å². The first kappa shape index (κ1) is 26.1. The van der Waals surface area contributed by atoms with E-state index in [0.717, 1.165) is 11.8 Å². The van der Waals surface area contributed by atoms with Gasteiger partial charge in [0.05, 0.1) is 0 Å². The molecule has 1 aromatic carbocycles. The van der Waals surface area contributed by atoms with Crippen molar-refractivity contribution in [3.63, 3.8) is 0 Å². The topological polar surface area (TPSA) is 169 Å². The molecule has 5 N–H and O–H groups in total. The van der Waals surface area contributed by atoms with Gasteiger partial charge >= 0.3 is 210 Å². The Morgan fingerprint density at radius 1 is 1.31 bits per heavy atom. The minimum atomic E-state index is -4.05. The molecule has 14 heteroatoms. The number of anilines is 2. The van der Waals surface area contributed by atoms with Gasteiger partial charge in [-0.3, -0.25) is 0 Å². The molecule has 2 aliphatic rings. The zero-order valence-corrected chi connectivity index (χ0v) is 22.5. The molecule has 196 valence electrons. The van der Waals surface area contributed by atoms with E-state index in [4.69, 9.17) is 4.52 Å². The molecule has 2 aliphatic heterocycles. The van der Waals surface area contributed by atoms with E-state index in [-0.39, 0.29) is 41.3 Å². The van der Waals surface area contributed by atoms with Crippen LogP contribution in [0.4, 0.5) is 11.4 Å². The maximum absolute atomic E-state index is 13.7. The molecule has 0 spiro atoms. The average molecular weight is 539 g/mol. The summed E-state index contributed by atoms with van der Waals surface area (Å²) in [4.78, 5) is 26.7. The molecule has 1 atom stereocenters. The number of aliphatic hydroxyl groups excluding tert-OH is 1. The second-order valence-electron chi connectivity index (χ2n) is 9.83. The van der Waals surface area contributed by atoms with Crippen LogP contribution in [0.1, 0.15) is 33.3 Å². The molecule has 0 unspecified atom stereocenters. The van der Waals surface area contributed by atoms with Crippen molar-refractivity contribution < 1.29 is 27.7 Å². The van der Waals surface area contributed by atoms with Gasteiger partial charge in [-0.15, -0.1) is 0 Å². The second kappa shape index (κ2) is 9.15. The summed E-state index contributed by atoms with van der Waals surface area (Å²) in [5.74, 6) is -0.610. The first-order valence-electron chi connectivity index (χ1n) is 11.3. The van der Waals surface area contributed by atoms with E-state index in [1.807, 2.05) is 20.8 Å². The van der Waals surface area contributed by atoms with Crippen molar-refractivity contribution in [2.24, 2.45) is 10.2 Å². The molecule has 0 saturated carbocycles. The number of nitrogens with one attached hydrogen (secondary N) is 3. The number of fused-ring (bicyclic) bond motifs is 1. The number of aromatic amines is 1. The third-order valence-corrected chi connectivity index (χ3v) is 8.74. The van der Waals surface area contributed by atoms with Crippen molar-refractivity contribution in [1.82, 2.24) is 15.1 Å². The van der Waals surface area contributed by atoms with E-state index < -0.39 is 35.3 Å². The predicted molar refractivity (Wildman–Crippen MR) is 140 cm³/mol.